The number of benzene rings is 2. The van der Waals surface area contributed by atoms with E-state index in [1.165, 1.54) is 19.9 Å². The highest BCUT2D eigenvalue weighted by atomic mass is 16.5. The molecule has 2 aromatic rings. The molecule has 0 heterocycles. The maximum atomic E-state index is 12.7. The lowest BCUT2D eigenvalue weighted by atomic mass is 9.98. The third-order valence-corrected chi connectivity index (χ3v) is 4.47. The van der Waals surface area contributed by atoms with Crippen LogP contribution in [0.2, 0.25) is 0 Å². The number of amides is 2. The number of rotatable bonds is 7. The highest BCUT2D eigenvalue weighted by Crippen LogP contribution is 2.27. The van der Waals surface area contributed by atoms with Crippen molar-refractivity contribution in [1.82, 2.24) is 5.32 Å². The van der Waals surface area contributed by atoms with E-state index >= 15 is 0 Å². The van der Waals surface area contributed by atoms with E-state index in [-0.39, 0.29) is 11.6 Å². The van der Waals surface area contributed by atoms with Crippen molar-refractivity contribution in [2.45, 2.75) is 46.6 Å². The van der Waals surface area contributed by atoms with Gasteiger partial charge in [-0.25, -0.2) is 4.79 Å². The molecule has 1 atom stereocenters. The van der Waals surface area contributed by atoms with Gasteiger partial charge >= 0.3 is 5.97 Å². The van der Waals surface area contributed by atoms with Crippen molar-refractivity contribution < 1.29 is 19.1 Å². The van der Waals surface area contributed by atoms with Crippen molar-refractivity contribution in [3.05, 3.63) is 70.9 Å². The number of carbonyl (C=O) groups is 3. The molecule has 158 valence electrons. The van der Waals surface area contributed by atoms with E-state index in [1.807, 2.05) is 57.2 Å². The van der Waals surface area contributed by atoms with Crippen LogP contribution in [0.4, 0.5) is 5.69 Å². The molecule has 0 aliphatic rings. The van der Waals surface area contributed by atoms with Crippen molar-refractivity contribution in [2.75, 3.05) is 5.32 Å². The fourth-order valence-electron chi connectivity index (χ4n) is 2.90. The maximum Gasteiger partial charge on any atom is 0.355 e. The summed E-state index contributed by atoms with van der Waals surface area (Å²) in [6.07, 6.45) is 0.456. The average Bonchev–Trinajstić information content (AvgIpc) is 2.69. The Morgan fingerprint density at radius 1 is 0.967 bits per heavy atom. The van der Waals surface area contributed by atoms with Crippen molar-refractivity contribution in [1.29, 1.82) is 0 Å². The average molecular weight is 408 g/mol. The van der Waals surface area contributed by atoms with Crippen LogP contribution >= 0.6 is 0 Å². The van der Waals surface area contributed by atoms with Crippen molar-refractivity contribution in [2.24, 2.45) is 0 Å². The molecule has 0 spiro atoms. The molecule has 0 saturated heterocycles. The van der Waals surface area contributed by atoms with Crippen molar-refractivity contribution in [3.8, 4) is 0 Å². The lowest BCUT2D eigenvalue weighted by Gasteiger charge is -2.19. The Bertz CT molecular complexity index is 949. The van der Waals surface area contributed by atoms with Crippen LogP contribution in [0.25, 0.3) is 6.08 Å². The molecule has 0 saturated carbocycles. The Balaban J connectivity index is 2.16. The number of hydrogen-bond donors (Lipinski definition) is 2. The van der Waals surface area contributed by atoms with Crippen molar-refractivity contribution in [3.63, 3.8) is 0 Å². The molecule has 0 aliphatic carbocycles. The van der Waals surface area contributed by atoms with Crippen LogP contribution in [-0.4, -0.2) is 23.9 Å². The summed E-state index contributed by atoms with van der Waals surface area (Å²) in [7, 11) is 0. The van der Waals surface area contributed by atoms with Crippen LogP contribution < -0.4 is 10.6 Å². The van der Waals surface area contributed by atoms with Gasteiger partial charge in [-0.1, -0.05) is 62.4 Å². The molecule has 6 heteroatoms. The first-order chi connectivity index (χ1) is 14.2. The third-order valence-electron chi connectivity index (χ3n) is 4.47. The van der Waals surface area contributed by atoms with Crippen LogP contribution in [0, 0.1) is 6.92 Å². The monoisotopic (exact) mass is 408 g/mol. The van der Waals surface area contributed by atoms with Gasteiger partial charge in [-0.05, 0) is 42.5 Å². The SMILES string of the molecule is CC(=O)N/C(=C\c1ccccc1)C(=O)O[C@@H](C)C(=O)Nc1c(C)cccc1C(C)C. The van der Waals surface area contributed by atoms with E-state index in [0.717, 1.165) is 22.4 Å². The van der Waals surface area contributed by atoms with Gasteiger partial charge in [0, 0.05) is 12.6 Å². The second-order valence-electron chi connectivity index (χ2n) is 7.38. The van der Waals surface area contributed by atoms with Gasteiger partial charge in [-0.3, -0.25) is 9.59 Å². The number of carbonyl (C=O) groups excluding carboxylic acids is 3. The van der Waals surface area contributed by atoms with Crippen LogP contribution in [0.3, 0.4) is 0 Å². The zero-order valence-electron chi connectivity index (χ0n) is 18.0. The summed E-state index contributed by atoms with van der Waals surface area (Å²) in [6.45, 7) is 8.79. The first-order valence-corrected chi connectivity index (χ1v) is 9.84. The molecule has 2 amide bonds. The summed E-state index contributed by atoms with van der Waals surface area (Å²) < 4.78 is 5.33. The minimum atomic E-state index is -1.05. The van der Waals surface area contributed by atoms with Crippen LogP contribution in [0.5, 0.6) is 0 Å². The molecule has 0 aromatic heterocycles. The van der Waals surface area contributed by atoms with Gasteiger partial charge in [0.2, 0.25) is 5.91 Å². The molecular weight excluding hydrogens is 380 g/mol. The lowest BCUT2D eigenvalue weighted by molar-refractivity contribution is -0.149. The Labute approximate surface area is 177 Å². The fourth-order valence-corrected chi connectivity index (χ4v) is 2.90. The number of para-hydroxylation sites is 1. The van der Waals surface area contributed by atoms with Gasteiger partial charge in [-0.15, -0.1) is 0 Å². The van der Waals surface area contributed by atoms with Crippen LogP contribution in [0.1, 0.15) is 50.3 Å². The molecule has 0 unspecified atom stereocenters. The number of nitrogens with one attached hydrogen (secondary N) is 2. The van der Waals surface area contributed by atoms with Crippen LogP contribution in [-0.2, 0) is 19.1 Å². The fraction of sp³-hybridized carbons (Fsp3) is 0.292. The Kier molecular flexibility index (Phi) is 7.92. The van der Waals surface area contributed by atoms with E-state index in [4.69, 9.17) is 4.74 Å². The number of ether oxygens (including phenoxy) is 1. The minimum absolute atomic E-state index is 0.0351. The molecular formula is C24H28N2O4. The second-order valence-corrected chi connectivity index (χ2v) is 7.38. The third kappa shape index (κ3) is 6.30. The lowest BCUT2D eigenvalue weighted by Crippen LogP contribution is -2.34. The summed E-state index contributed by atoms with van der Waals surface area (Å²) in [5.41, 5.74) is 3.34. The van der Waals surface area contributed by atoms with E-state index in [2.05, 4.69) is 10.6 Å². The normalized spacial score (nSPS) is 12.3. The van der Waals surface area contributed by atoms with E-state index in [9.17, 15) is 14.4 Å². The van der Waals surface area contributed by atoms with Gasteiger partial charge in [-0.2, -0.15) is 0 Å². The predicted octanol–water partition coefficient (Wildman–Crippen LogP) is 4.17. The minimum Gasteiger partial charge on any atom is -0.448 e. The number of aryl methyl sites for hydroxylation is 1. The number of hydrogen-bond acceptors (Lipinski definition) is 4. The summed E-state index contributed by atoms with van der Waals surface area (Å²) in [5.74, 6) is -1.42. The zero-order chi connectivity index (χ0) is 22.3. The summed E-state index contributed by atoms with van der Waals surface area (Å²) in [4.78, 5) is 36.8. The summed E-state index contributed by atoms with van der Waals surface area (Å²) in [5, 5.41) is 5.34. The molecule has 6 nitrogen and oxygen atoms in total. The molecule has 0 radical (unpaired) electrons. The Morgan fingerprint density at radius 2 is 1.63 bits per heavy atom. The van der Waals surface area contributed by atoms with E-state index in [0.29, 0.717) is 0 Å². The van der Waals surface area contributed by atoms with E-state index in [1.54, 1.807) is 12.1 Å². The van der Waals surface area contributed by atoms with Crippen LogP contribution in [0.15, 0.2) is 54.2 Å². The number of anilines is 1. The standard InChI is InChI=1S/C24H28N2O4/c1-15(2)20-13-9-10-16(3)22(20)26-23(28)17(4)30-24(29)21(25-18(5)27)14-19-11-7-6-8-12-19/h6-15,17H,1-5H3,(H,25,27)(H,26,28)/b21-14-/t17-/m0/s1. The van der Waals surface area contributed by atoms with Gasteiger partial charge in [0.25, 0.3) is 5.91 Å². The highest BCUT2D eigenvalue weighted by molar-refractivity contribution is 6.01. The smallest absolute Gasteiger partial charge is 0.355 e. The van der Waals surface area contributed by atoms with E-state index < -0.39 is 23.9 Å². The second kappa shape index (κ2) is 10.4. The van der Waals surface area contributed by atoms with Crippen molar-refractivity contribution >= 4 is 29.5 Å². The molecule has 2 N–H and O–H groups in total. The van der Waals surface area contributed by atoms with Gasteiger partial charge in [0.1, 0.15) is 5.70 Å². The zero-order valence-corrected chi connectivity index (χ0v) is 18.0. The first-order valence-electron chi connectivity index (χ1n) is 9.84. The molecule has 0 bridgehead atoms. The first kappa shape index (κ1) is 22.9. The Hall–Kier alpha value is -3.41. The molecule has 0 fully saturated rings. The highest BCUT2D eigenvalue weighted by Gasteiger charge is 2.23. The molecule has 2 rings (SSSR count). The quantitative estimate of drug-likeness (QED) is 0.532. The molecule has 30 heavy (non-hydrogen) atoms. The Morgan fingerprint density at radius 3 is 2.23 bits per heavy atom. The molecule has 2 aromatic carbocycles. The summed E-state index contributed by atoms with van der Waals surface area (Å²) >= 11 is 0. The topological polar surface area (TPSA) is 84.5 Å². The predicted molar refractivity (Wildman–Crippen MR) is 118 cm³/mol. The number of esters is 1. The molecule has 0 aliphatic heterocycles. The summed E-state index contributed by atoms with van der Waals surface area (Å²) in [6, 6.07) is 14.9. The maximum absolute atomic E-state index is 12.7. The van der Waals surface area contributed by atoms with Gasteiger partial charge in [0.15, 0.2) is 6.10 Å². The van der Waals surface area contributed by atoms with Gasteiger partial charge in [0.05, 0.1) is 0 Å². The largest absolute Gasteiger partial charge is 0.448 e. The van der Waals surface area contributed by atoms with Gasteiger partial charge < -0.3 is 15.4 Å².